The number of pyridine rings is 7. The fourth-order valence-corrected chi connectivity index (χ4v) is 10.2. The maximum absolute atomic E-state index is 4.37. The zero-order valence-corrected chi connectivity index (χ0v) is 45.8. The first-order valence-electron chi connectivity index (χ1n) is 25.2. The van der Waals surface area contributed by atoms with Crippen molar-refractivity contribution in [1.82, 2.24) is 34.9 Å². The zero-order valence-electron chi connectivity index (χ0n) is 44.2. The van der Waals surface area contributed by atoms with Crippen LogP contribution in [0.3, 0.4) is 0 Å². The SMILES string of the molecule is CC(C)c1cccc2ncccc12.CC(C)c1ccccc1.CC(C)c1ccnc2cccnc12.CC(C)c1ccnc2ncccc12.CC(C)c1csc2cccnc12.CC(C)c1csc2ncccc12. The lowest BCUT2D eigenvalue weighted by Crippen LogP contribution is -1.92. The van der Waals surface area contributed by atoms with E-state index in [2.05, 4.69) is 202 Å². The van der Waals surface area contributed by atoms with Crippen LogP contribution in [0.25, 0.3) is 53.4 Å². The van der Waals surface area contributed by atoms with Crippen LogP contribution >= 0.6 is 22.7 Å². The predicted molar refractivity (Wildman–Crippen MR) is 311 cm³/mol. The number of aromatic nitrogens is 7. The molecule has 11 aromatic rings. The van der Waals surface area contributed by atoms with Gasteiger partial charge in [-0.05, 0) is 146 Å². The van der Waals surface area contributed by atoms with Crippen molar-refractivity contribution in [2.75, 3.05) is 0 Å². The average Bonchev–Trinajstić information content (AvgIpc) is 4.05. The summed E-state index contributed by atoms with van der Waals surface area (Å²) < 4.78 is 1.29. The second-order valence-electron chi connectivity index (χ2n) is 19.4. The Labute approximate surface area is 436 Å². The second kappa shape index (κ2) is 27.1. The topological polar surface area (TPSA) is 90.2 Å². The molecular formula is C63H71N7S2. The van der Waals surface area contributed by atoms with Crippen molar-refractivity contribution in [2.24, 2.45) is 0 Å². The number of thiophene rings is 2. The van der Waals surface area contributed by atoms with Crippen molar-refractivity contribution < 1.29 is 0 Å². The van der Waals surface area contributed by atoms with Crippen LogP contribution in [0, 0.1) is 0 Å². The van der Waals surface area contributed by atoms with E-state index in [1.165, 1.54) is 59.8 Å². The lowest BCUT2D eigenvalue weighted by atomic mass is 9.98. The Morgan fingerprint density at radius 2 is 0.806 bits per heavy atom. The van der Waals surface area contributed by atoms with Gasteiger partial charge in [0.25, 0.3) is 0 Å². The highest BCUT2D eigenvalue weighted by Gasteiger charge is 2.10. The van der Waals surface area contributed by atoms with Gasteiger partial charge in [0.05, 0.1) is 26.8 Å². The summed E-state index contributed by atoms with van der Waals surface area (Å²) in [5.41, 5.74) is 13.3. The summed E-state index contributed by atoms with van der Waals surface area (Å²) in [6.07, 6.45) is 12.8. The Hall–Kier alpha value is -6.81. The number of rotatable bonds is 6. The lowest BCUT2D eigenvalue weighted by molar-refractivity contribution is 0.867. The summed E-state index contributed by atoms with van der Waals surface area (Å²) in [4.78, 5) is 31.2. The van der Waals surface area contributed by atoms with Crippen molar-refractivity contribution in [1.29, 1.82) is 0 Å². The molecule has 9 aromatic heterocycles. The molecule has 0 saturated heterocycles. The fourth-order valence-electron chi connectivity index (χ4n) is 8.07. The minimum Gasteiger partial charge on any atom is -0.256 e. The van der Waals surface area contributed by atoms with Gasteiger partial charge in [0.1, 0.15) is 4.83 Å². The van der Waals surface area contributed by atoms with E-state index in [-0.39, 0.29) is 0 Å². The molecule has 0 aliphatic heterocycles. The standard InChI is InChI=1S/C12H13N.2C11H12N2.2C10H11NS.C9H12/c1-9(2)10-5-3-7-12-11(10)6-4-8-13-12;1-8(2)9-5-7-12-10-4-3-6-13-11(9)10;1-8(2)9-5-7-13-11-10(9)4-3-6-12-11;1-7(2)8-6-12-9-4-3-5-11-10(8)9;1-7(2)9-6-12-10-8(9)4-3-5-11-10;1-8(2)9-6-4-3-5-7-9/h3-9H,1-2H3;2*3-8H,1-2H3;2*3-7H,1-2H3;3-8H,1-2H3. The van der Waals surface area contributed by atoms with E-state index < -0.39 is 0 Å². The van der Waals surface area contributed by atoms with E-state index in [0.717, 1.165) is 27.0 Å². The fraction of sp³-hybridized carbons (Fsp3) is 0.286. The van der Waals surface area contributed by atoms with Gasteiger partial charge in [0.2, 0.25) is 0 Å². The summed E-state index contributed by atoms with van der Waals surface area (Å²) in [5, 5.41) is 8.18. The first-order chi connectivity index (χ1) is 34.7. The van der Waals surface area contributed by atoms with Crippen molar-refractivity contribution in [3.8, 4) is 0 Å². The first-order valence-corrected chi connectivity index (χ1v) is 26.9. The number of fused-ring (bicyclic) bond motifs is 5. The van der Waals surface area contributed by atoms with E-state index >= 15 is 0 Å². The van der Waals surface area contributed by atoms with E-state index in [0.29, 0.717) is 35.5 Å². The third kappa shape index (κ3) is 14.9. The second-order valence-corrected chi connectivity index (χ2v) is 21.2. The Morgan fingerprint density at radius 3 is 1.47 bits per heavy atom. The van der Waals surface area contributed by atoms with Crippen molar-refractivity contribution >= 4 is 76.1 Å². The number of benzene rings is 2. The van der Waals surface area contributed by atoms with Gasteiger partial charge < -0.3 is 0 Å². The van der Waals surface area contributed by atoms with E-state index in [1.807, 2.05) is 85.7 Å². The van der Waals surface area contributed by atoms with E-state index in [1.54, 1.807) is 28.9 Å². The third-order valence-corrected chi connectivity index (χ3v) is 13.9. The summed E-state index contributed by atoms with van der Waals surface area (Å²) >= 11 is 3.51. The highest BCUT2D eigenvalue weighted by Crippen LogP contribution is 2.31. The van der Waals surface area contributed by atoms with Crippen LogP contribution in [-0.4, -0.2) is 34.9 Å². The van der Waals surface area contributed by atoms with Gasteiger partial charge >= 0.3 is 0 Å². The van der Waals surface area contributed by atoms with Crippen molar-refractivity contribution in [2.45, 2.75) is 119 Å². The van der Waals surface area contributed by atoms with Crippen molar-refractivity contribution in [3.63, 3.8) is 0 Å². The monoisotopic (exact) mass is 990 g/mol. The third-order valence-electron chi connectivity index (χ3n) is 12.1. The molecule has 0 spiro atoms. The summed E-state index contributed by atoms with van der Waals surface area (Å²) in [6, 6.07) is 41.3. The molecule has 9 heteroatoms. The molecule has 9 heterocycles. The molecule has 0 radical (unpaired) electrons. The van der Waals surface area contributed by atoms with Crippen LogP contribution in [0.1, 0.15) is 152 Å². The first kappa shape index (κ1) is 54.5. The minimum atomic E-state index is 0.500. The molecule has 2 aromatic carbocycles. The number of hydrogen-bond donors (Lipinski definition) is 0. The molecule has 0 aliphatic carbocycles. The van der Waals surface area contributed by atoms with Crippen LogP contribution in [0.2, 0.25) is 0 Å². The molecule has 0 amide bonds. The van der Waals surface area contributed by atoms with Gasteiger partial charge in [-0.2, -0.15) is 0 Å². The van der Waals surface area contributed by atoms with Gasteiger partial charge in [-0.3, -0.25) is 19.9 Å². The summed E-state index contributed by atoms with van der Waals surface area (Å²) in [5.74, 6) is 3.42. The minimum absolute atomic E-state index is 0.500. The molecule has 0 aliphatic rings. The molecule has 370 valence electrons. The molecular weight excluding hydrogens is 919 g/mol. The largest absolute Gasteiger partial charge is 0.256 e. The molecule has 11 rings (SSSR count). The van der Waals surface area contributed by atoms with Crippen LogP contribution in [0.5, 0.6) is 0 Å². The van der Waals surface area contributed by atoms with Gasteiger partial charge in [-0.25, -0.2) is 15.0 Å². The molecule has 0 atom stereocenters. The quantitative estimate of drug-likeness (QED) is 0.164. The van der Waals surface area contributed by atoms with Crippen molar-refractivity contribution in [3.05, 3.63) is 209 Å². The van der Waals surface area contributed by atoms with Gasteiger partial charge in [0, 0.05) is 59.5 Å². The number of nitrogens with zero attached hydrogens (tertiary/aromatic N) is 7. The van der Waals surface area contributed by atoms with Crippen LogP contribution in [-0.2, 0) is 0 Å². The van der Waals surface area contributed by atoms with Gasteiger partial charge in [-0.1, -0.05) is 138 Å². The van der Waals surface area contributed by atoms with E-state index in [4.69, 9.17) is 0 Å². The normalized spacial score (nSPS) is 11.0. The Balaban J connectivity index is 0.000000142. The Bertz CT molecular complexity index is 3060. The predicted octanol–water partition coefficient (Wildman–Crippen LogP) is 18.5. The van der Waals surface area contributed by atoms with Crippen LogP contribution in [0.4, 0.5) is 0 Å². The molecule has 0 N–H and O–H groups in total. The number of hydrogen-bond acceptors (Lipinski definition) is 9. The summed E-state index contributed by atoms with van der Waals surface area (Å²) in [7, 11) is 0. The Kier molecular flexibility index (Phi) is 20.5. The smallest absolute Gasteiger partial charge is 0.159 e. The highest BCUT2D eigenvalue weighted by atomic mass is 32.1. The van der Waals surface area contributed by atoms with Crippen LogP contribution < -0.4 is 0 Å². The zero-order chi connectivity index (χ0) is 51.6. The van der Waals surface area contributed by atoms with Crippen LogP contribution in [0.15, 0.2) is 175 Å². The molecule has 0 bridgehead atoms. The molecule has 0 unspecified atom stereocenters. The summed E-state index contributed by atoms with van der Waals surface area (Å²) in [6.45, 7) is 26.4. The molecule has 7 nitrogen and oxygen atoms in total. The Morgan fingerprint density at radius 1 is 0.306 bits per heavy atom. The lowest BCUT2D eigenvalue weighted by Gasteiger charge is -2.08. The molecule has 0 saturated carbocycles. The van der Waals surface area contributed by atoms with Gasteiger partial charge in [-0.15, -0.1) is 22.7 Å². The maximum Gasteiger partial charge on any atom is 0.159 e. The molecule has 72 heavy (non-hydrogen) atoms. The van der Waals surface area contributed by atoms with Gasteiger partial charge in [0.15, 0.2) is 5.65 Å². The molecule has 0 fully saturated rings. The average molecular weight is 990 g/mol. The highest BCUT2D eigenvalue weighted by molar-refractivity contribution is 7.17. The maximum atomic E-state index is 4.37. The van der Waals surface area contributed by atoms with E-state index in [9.17, 15) is 0 Å².